The van der Waals surface area contributed by atoms with E-state index in [1.165, 1.54) is 5.56 Å². The van der Waals surface area contributed by atoms with E-state index in [9.17, 15) is 4.79 Å². The fourth-order valence-corrected chi connectivity index (χ4v) is 2.76. The van der Waals surface area contributed by atoms with E-state index in [1.807, 2.05) is 29.0 Å². The van der Waals surface area contributed by atoms with Crippen LogP contribution in [0.1, 0.15) is 31.2 Å². The Balaban J connectivity index is 1.50. The van der Waals surface area contributed by atoms with Gasteiger partial charge in [0.15, 0.2) is 0 Å². The fourth-order valence-electron chi connectivity index (χ4n) is 2.76. The van der Waals surface area contributed by atoms with Crippen molar-refractivity contribution in [1.82, 2.24) is 14.9 Å². The first-order valence-electron chi connectivity index (χ1n) is 7.66. The van der Waals surface area contributed by atoms with E-state index in [-0.39, 0.29) is 12.0 Å². The fraction of sp³-hybridized carbons (Fsp3) is 0.412. The number of rotatable bonds is 5. The summed E-state index contributed by atoms with van der Waals surface area (Å²) in [6.07, 6.45) is 4.45. The van der Waals surface area contributed by atoms with Gasteiger partial charge in [-0.3, -0.25) is 4.79 Å². The van der Waals surface area contributed by atoms with Crippen molar-refractivity contribution >= 4 is 5.91 Å². The van der Waals surface area contributed by atoms with Crippen LogP contribution in [0.15, 0.2) is 36.7 Å². The number of aromatic nitrogens is 2. The summed E-state index contributed by atoms with van der Waals surface area (Å²) in [4.78, 5) is 16.4. The van der Waals surface area contributed by atoms with Crippen LogP contribution in [0, 0.1) is 0 Å². The Morgan fingerprint density at radius 3 is 3.05 bits per heavy atom. The molecule has 22 heavy (non-hydrogen) atoms. The lowest BCUT2D eigenvalue weighted by atomic mass is 10.1. The highest BCUT2D eigenvalue weighted by atomic mass is 16.5. The third-order valence-electron chi connectivity index (χ3n) is 3.82. The highest BCUT2D eigenvalue weighted by Crippen LogP contribution is 2.27. The van der Waals surface area contributed by atoms with Crippen molar-refractivity contribution in [2.75, 3.05) is 6.54 Å². The van der Waals surface area contributed by atoms with Crippen LogP contribution in [0.25, 0.3) is 0 Å². The molecule has 1 N–H and O–H groups in total. The molecule has 0 saturated heterocycles. The van der Waals surface area contributed by atoms with Crippen molar-refractivity contribution < 1.29 is 9.53 Å². The molecule has 0 bridgehead atoms. The van der Waals surface area contributed by atoms with Gasteiger partial charge in [-0.1, -0.05) is 32.0 Å². The van der Waals surface area contributed by atoms with Crippen molar-refractivity contribution in [3.05, 3.63) is 48.0 Å². The Bertz CT molecular complexity index is 638. The van der Waals surface area contributed by atoms with Gasteiger partial charge in [0.05, 0.1) is 6.54 Å². The van der Waals surface area contributed by atoms with E-state index < -0.39 is 0 Å². The molecule has 0 radical (unpaired) electrons. The molecule has 1 unspecified atom stereocenters. The third-order valence-corrected chi connectivity index (χ3v) is 3.82. The van der Waals surface area contributed by atoms with Gasteiger partial charge < -0.3 is 14.6 Å². The number of amides is 1. The van der Waals surface area contributed by atoms with Crippen molar-refractivity contribution in [3.8, 4) is 5.75 Å². The number of nitrogens with one attached hydrogen (secondary N) is 1. The zero-order valence-electron chi connectivity index (χ0n) is 13.0. The molecule has 2 heterocycles. The number of hydrogen-bond donors (Lipinski definition) is 1. The SMILES string of the molecule is CC(C)c1nccn1CC(=O)NCC1Cc2ccccc2O1. The maximum absolute atomic E-state index is 12.1. The quantitative estimate of drug-likeness (QED) is 0.920. The number of nitrogens with zero attached hydrogens (tertiary/aromatic N) is 2. The standard InChI is InChI=1S/C17H21N3O2/c1-12(2)17-18-7-8-20(17)11-16(21)19-10-14-9-13-5-3-4-6-15(13)22-14/h3-8,12,14H,9-11H2,1-2H3,(H,19,21). The maximum Gasteiger partial charge on any atom is 0.240 e. The van der Waals surface area contributed by atoms with Crippen LogP contribution in [-0.4, -0.2) is 28.1 Å². The minimum atomic E-state index is -0.0144. The van der Waals surface area contributed by atoms with Gasteiger partial charge in [-0.15, -0.1) is 0 Å². The minimum absolute atomic E-state index is 0.0144. The molecule has 1 aromatic heterocycles. The molecule has 2 aromatic rings. The second-order valence-corrected chi connectivity index (χ2v) is 5.92. The Kier molecular flexibility index (Phi) is 4.13. The van der Waals surface area contributed by atoms with E-state index >= 15 is 0 Å². The average molecular weight is 299 g/mol. The number of carbonyl (C=O) groups is 1. The molecular formula is C17H21N3O2. The highest BCUT2D eigenvalue weighted by Gasteiger charge is 2.22. The average Bonchev–Trinajstić information content (AvgIpc) is 3.10. The van der Waals surface area contributed by atoms with E-state index in [0.29, 0.717) is 19.0 Å². The number of carbonyl (C=O) groups excluding carboxylic acids is 1. The number of ether oxygens (including phenoxy) is 1. The Morgan fingerprint density at radius 1 is 1.45 bits per heavy atom. The van der Waals surface area contributed by atoms with Crippen LogP contribution in [0.2, 0.25) is 0 Å². The first-order chi connectivity index (χ1) is 10.6. The summed E-state index contributed by atoms with van der Waals surface area (Å²) in [6.45, 7) is 4.97. The van der Waals surface area contributed by atoms with Gasteiger partial charge in [0.2, 0.25) is 5.91 Å². The summed E-state index contributed by atoms with van der Waals surface area (Å²) in [5, 5.41) is 2.95. The summed E-state index contributed by atoms with van der Waals surface area (Å²) < 4.78 is 7.71. The normalized spacial score (nSPS) is 16.4. The predicted octanol–water partition coefficient (Wildman–Crippen LogP) is 2.13. The second-order valence-electron chi connectivity index (χ2n) is 5.92. The van der Waals surface area contributed by atoms with Gasteiger partial charge in [0.25, 0.3) is 0 Å². The molecule has 5 heteroatoms. The van der Waals surface area contributed by atoms with Crippen LogP contribution < -0.4 is 10.1 Å². The maximum atomic E-state index is 12.1. The molecule has 1 aliphatic heterocycles. The summed E-state index contributed by atoms with van der Waals surface area (Å²) in [7, 11) is 0. The van der Waals surface area contributed by atoms with Crippen LogP contribution in [0.5, 0.6) is 5.75 Å². The number of imidazole rings is 1. The lowest BCUT2D eigenvalue weighted by Gasteiger charge is -2.13. The van der Waals surface area contributed by atoms with Crippen LogP contribution in [0.3, 0.4) is 0 Å². The van der Waals surface area contributed by atoms with Crippen LogP contribution in [-0.2, 0) is 17.8 Å². The predicted molar refractivity (Wildman–Crippen MR) is 83.9 cm³/mol. The number of fused-ring (bicyclic) bond motifs is 1. The molecule has 3 rings (SSSR count). The summed E-state index contributed by atoms with van der Waals surface area (Å²) in [6, 6.07) is 8.01. The minimum Gasteiger partial charge on any atom is -0.488 e. The van der Waals surface area contributed by atoms with Crippen LogP contribution in [0.4, 0.5) is 0 Å². The number of benzene rings is 1. The second kappa shape index (κ2) is 6.22. The van der Waals surface area contributed by atoms with Gasteiger partial charge >= 0.3 is 0 Å². The largest absolute Gasteiger partial charge is 0.488 e. The smallest absolute Gasteiger partial charge is 0.240 e. The monoisotopic (exact) mass is 299 g/mol. The van der Waals surface area contributed by atoms with Gasteiger partial charge in [-0.25, -0.2) is 4.98 Å². The number of hydrogen-bond acceptors (Lipinski definition) is 3. The molecule has 0 saturated carbocycles. The molecule has 1 aromatic carbocycles. The zero-order chi connectivity index (χ0) is 15.5. The van der Waals surface area contributed by atoms with Crippen LogP contribution >= 0.6 is 0 Å². The first-order valence-corrected chi connectivity index (χ1v) is 7.66. The van der Waals surface area contributed by atoms with Crippen molar-refractivity contribution in [1.29, 1.82) is 0 Å². The molecule has 0 fully saturated rings. The van der Waals surface area contributed by atoms with Gasteiger partial charge in [0, 0.05) is 24.7 Å². The van der Waals surface area contributed by atoms with E-state index in [1.54, 1.807) is 6.20 Å². The molecule has 0 aliphatic carbocycles. The number of para-hydroxylation sites is 1. The Morgan fingerprint density at radius 2 is 2.27 bits per heavy atom. The molecule has 1 amide bonds. The molecular weight excluding hydrogens is 278 g/mol. The summed E-state index contributed by atoms with van der Waals surface area (Å²) >= 11 is 0. The Hall–Kier alpha value is -2.30. The molecule has 5 nitrogen and oxygen atoms in total. The van der Waals surface area contributed by atoms with E-state index in [4.69, 9.17) is 4.74 Å². The van der Waals surface area contributed by atoms with Crippen molar-refractivity contribution in [3.63, 3.8) is 0 Å². The topological polar surface area (TPSA) is 56.2 Å². The molecule has 1 atom stereocenters. The van der Waals surface area contributed by atoms with Gasteiger partial charge in [0.1, 0.15) is 24.2 Å². The van der Waals surface area contributed by atoms with Gasteiger partial charge in [-0.2, -0.15) is 0 Å². The summed E-state index contributed by atoms with van der Waals surface area (Å²) in [5.74, 6) is 2.15. The van der Waals surface area contributed by atoms with E-state index in [2.05, 4.69) is 30.2 Å². The molecule has 0 spiro atoms. The van der Waals surface area contributed by atoms with Gasteiger partial charge in [-0.05, 0) is 11.6 Å². The third kappa shape index (κ3) is 3.13. The van der Waals surface area contributed by atoms with Crippen molar-refractivity contribution in [2.24, 2.45) is 0 Å². The summed E-state index contributed by atoms with van der Waals surface area (Å²) in [5.41, 5.74) is 1.21. The molecule has 1 aliphatic rings. The lowest BCUT2D eigenvalue weighted by molar-refractivity contribution is -0.122. The molecule has 116 valence electrons. The van der Waals surface area contributed by atoms with E-state index in [0.717, 1.165) is 18.0 Å². The first kappa shape index (κ1) is 14.6. The highest BCUT2D eigenvalue weighted by molar-refractivity contribution is 5.75. The Labute approximate surface area is 130 Å². The lowest BCUT2D eigenvalue weighted by Crippen LogP contribution is -2.36. The zero-order valence-corrected chi connectivity index (χ0v) is 13.0. The van der Waals surface area contributed by atoms with Crippen molar-refractivity contribution in [2.45, 2.75) is 38.8 Å².